The van der Waals surface area contributed by atoms with Crippen LogP contribution in [-0.2, 0) is 4.74 Å². The first-order valence-electron chi connectivity index (χ1n) is 4.50. The van der Waals surface area contributed by atoms with Gasteiger partial charge in [-0.25, -0.2) is 4.79 Å². The number of rotatable bonds is 5. The molecule has 0 bridgehead atoms. The van der Waals surface area contributed by atoms with Crippen molar-refractivity contribution in [2.75, 3.05) is 7.11 Å². The summed E-state index contributed by atoms with van der Waals surface area (Å²) < 4.78 is 14.8. The van der Waals surface area contributed by atoms with Crippen molar-refractivity contribution in [2.45, 2.75) is 0 Å². The number of ether oxygens (including phenoxy) is 3. The van der Waals surface area contributed by atoms with Gasteiger partial charge in [-0.15, -0.1) is 0 Å². The normalized spacial score (nSPS) is 9.06. The monoisotopic (exact) mass is 220 g/mol. The fourth-order valence-corrected chi connectivity index (χ4v) is 1.13. The highest BCUT2D eigenvalue weighted by Crippen LogP contribution is 2.28. The second kappa shape index (κ2) is 5.60. The number of benzene rings is 1. The van der Waals surface area contributed by atoms with E-state index in [1.807, 2.05) is 0 Å². The van der Waals surface area contributed by atoms with Gasteiger partial charge in [0.25, 0.3) is 0 Å². The molecule has 0 unspecified atom stereocenters. The summed E-state index contributed by atoms with van der Waals surface area (Å²) in [7, 11) is 1.48. The van der Waals surface area contributed by atoms with Crippen molar-refractivity contribution in [1.29, 1.82) is 0 Å². The lowest BCUT2D eigenvalue weighted by molar-refractivity contribution is 0.0664. The molecule has 0 amide bonds. The predicted molar refractivity (Wildman–Crippen MR) is 59.4 cm³/mol. The smallest absolute Gasteiger partial charge is 0.343 e. The lowest BCUT2D eigenvalue weighted by Crippen LogP contribution is -2.01. The Labute approximate surface area is 93.7 Å². The third-order valence-corrected chi connectivity index (χ3v) is 1.80. The molecule has 4 nitrogen and oxygen atoms in total. The average molecular weight is 220 g/mol. The van der Waals surface area contributed by atoms with Gasteiger partial charge in [0.2, 0.25) is 0 Å². The van der Waals surface area contributed by atoms with Crippen LogP contribution in [0.3, 0.4) is 0 Å². The quantitative estimate of drug-likeness (QED) is 0.565. The van der Waals surface area contributed by atoms with E-state index in [-0.39, 0.29) is 0 Å². The van der Waals surface area contributed by atoms with Crippen LogP contribution < -0.4 is 9.47 Å². The number of esters is 1. The fourth-order valence-electron chi connectivity index (χ4n) is 1.13. The van der Waals surface area contributed by atoms with E-state index in [0.29, 0.717) is 17.1 Å². The van der Waals surface area contributed by atoms with Crippen molar-refractivity contribution >= 4 is 5.97 Å². The highest BCUT2D eigenvalue weighted by atomic mass is 16.5. The van der Waals surface area contributed by atoms with Gasteiger partial charge >= 0.3 is 5.97 Å². The van der Waals surface area contributed by atoms with E-state index in [1.165, 1.54) is 19.4 Å². The molecule has 0 heterocycles. The summed E-state index contributed by atoms with van der Waals surface area (Å²) in [5, 5.41) is 0. The van der Waals surface area contributed by atoms with E-state index in [4.69, 9.17) is 9.47 Å². The minimum absolute atomic E-state index is 0.355. The molecular formula is C12H12O4. The SMILES string of the molecule is C=COC(=O)c1ccc(OC=C)c(OC)c1. The van der Waals surface area contributed by atoms with Crippen LogP contribution in [0.5, 0.6) is 11.5 Å². The van der Waals surface area contributed by atoms with Crippen LogP contribution in [0.2, 0.25) is 0 Å². The zero-order valence-corrected chi connectivity index (χ0v) is 8.93. The Morgan fingerprint density at radius 1 is 1.25 bits per heavy atom. The minimum Gasteiger partial charge on any atom is -0.493 e. The lowest BCUT2D eigenvalue weighted by atomic mass is 10.2. The molecule has 0 saturated heterocycles. The molecule has 1 rings (SSSR count). The first kappa shape index (κ1) is 11.8. The van der Waals surface area contributed by atoms with E-state index in [1.54, 1.807) is 12.1 Å². The van der Waals surface area contributed by atoms with Crippen LogP contribution in [0, 0.1) is 0 Å². The van der Waals surface area contributed by atoms with Gasteiger partial charge in [-0.05, 0) is 18.2 Å². The molecule has 0 spiro atoms. The Hall–Kier alpha value is -2.23. The number of hydrogen-bond acceptors (Lipinski definition) is 4. The highest BCUT2D eigenvalue weighted by Gasteiger charge is 2.10. The molecule has 0 atom stereocenters. The second-order valence-electron chi connectivity index (χ2n) is 2.72. The summed E-state index contributed by atoms with van der Waals surface area (Å²) in [6.07, 6.45) is 2.35. The average Bonchev–Trinajstić information content (AvgIpc) is 2.30. The summed E-state index contributed by atoms with van der Waals surface area (Å²) in [4.78, 5) is 11.4. The summed E-state index contributed by atoms with van der Waals surface area (Å²) in [6, 6.07) is 4.68. The molecule has 0 saturated carbocycles. The van der Waals surface area contributed by atoms with Crippen molar-refractivity contribution in [3.05, 3.63) is 49.4 Å². The van der Waals surface area contributed by atoms with Gasteiger partial charge in [-0.1, -0.05) is 13.2 Å². The summed E-state index contributed by atoms with van der Waals surface area (Å²) >= 11 is 0. The van der Waals surface area contributed by atoms with Crippen molar-refractivity contribution in [2.24, 2.45) is 0 Å². The topological polar surface area (TPSA) is 44.8 Å². The van der Waals surface area contributed by atoms with Crippen LogP contribution >= 0.6 is 0 Å². The number of hydrogen-bond donors (Lipinski definition) is 0. The van der Waals surface area contributed by atoms with Gasteiger partial charge in [0.15, 0.2) is 11.5 Å². The van der Waals surface area contributed by atoms with E-state index in [0.717, 1.165) is 6.26 Å². The lowest BCUT2D eigenvalue weighted by Gasteiger charge is -2.08. The van der Waals surface area contributed by atoms with Gasteiger partial charge in [0, 0.05) is 0 Å². The molecule has 1 aromatic rings. The van der Waals surface area contributed by atoms with E-state index in [9.17, 15) is 4.79 Å². The molecule has 0 aliphatic heterocycles. The molecule has 0 aliphatic carbocycles. The highest BCUT2D eigenvalue weighted by molar-refractivity contribution is 5.90. The third-order valence-electron chi connectivity index (χ3n) is 1.80. The molecule has 16 heavy (non-hydrogen) atoms. The van der Waals surface area contributed by atoms with Gasteiger partial charge in [0.05, 0.1) is 25.2 Å². The van der Waals surface area contributed by atoms with Crippen LogP contribution in [0.15, 0.2) is 43.9 Å². The van der Waals surface area contributed by atoms with Gasteiger partial charge in [0.1, 0.15) is 0 Å². The number of methoxy groups -OCH3 is 1. The fraction of sp³-hybridized carbons (Fsp3) is 0.0833. The Balaban J connectivity index is 3.02. The maximum Gasteiger partial charge on any atom is 0.343 e. The molecular weight excluding hydrogens is 208 g/mol. The maximum absolute atomic E-state index is 11.4. The standard InChI is InChI=1S/C12H12O4/c1-4-15-10-7-6-9(8-11(10)14-3)12(13)16-5-2/h4-8H,1-2H2,3H3. The van der Waals surface area contributed by atoms with Gasteiger partial charge in [-0.3, -0.25) is 0 Å². The van der Waals surface area contributed by atoms with Gasteiger partial charge in [-0.2, -0.15) is 0 Å². The molecule has 0 radical (unpaired) electrons. The van der Waals surface area contributed by atoms with Crippen molar-refractivity contribution in [3.63, 3.8) is 0 Å². The van der Waals surface area contributed by atoms with Crippen LogP contribution in [0.4, 0.5) is 0 Å². The van der Waals surface area contributed by atoms with Crippen LogP contribution in [-0.4, -0.2) is 13.1 Å². The van der Waals surface area contributed by atoms with Crippen LogP contribution in [0.1, 0.15) is 10.4 Å². The Morgan fingerprint density at radius 3 is 2.56 bits per heavy atom. The molecule has 0 N–H and O–H groups in total. The minimum atomic E-state index is -0.501. The predicted octanol–water partition coefficient (Wildman–Crippen LogP) is 2.52. The van der Waals surface area contributed by atoms with Crippen molar-refractivity contribution in [1.82, 2.24) is 0 Å². The number of carbonyl (C=O) groups excluding carboxylic acids is 1. The molecule has 84 valence electrons. The Kier molecular flexibility index (Phi) is 4.15. The van der Waals surface area contributed by atoms with E-state index in [2.05, 4.69) is 17.9 Å². The summed E-state index contributed by atoms with van der Waals surface area (Å²) in [5.41, 5.74) is 0.355. The van der Waals surface area contributed by atoms with Crippen molar-refractivity contribution < 1.29 is 19.0 Å². The molecule has 0 aliphatic rings. The molecule has 0 fully saturated rings. The third kappa shape index (κ3) is 2.63. The van der Waals surface area contributed by atoms with E-state index < -0.39 is 5.97 Å². The van der Waals surface area contributed by atoms with Crippen LogP contribution in [0.25, 0.3) is 0 Å². The summed E-state index contributed by atoms with van der Waals surface area (Å²) in [5.74, 6) is 0.407. The first-order chi connectivity index (χ1) is 7.72. The zero-order valence-electron chi connectivity index (χ0n) is 8.93. The molecule has 1 aromatic carbocycles. The second-order valence-corrected chi connectivity index (χ2v) is 2.72. The van der Waals surface area contributed by atoms with Crippen molar-refractivity contribution in [3.8, 4) is 11.5 Å². The maximum atomic E-state index is 11.4. The zero-order chi connectivity index (χ0) is 12.0. The Morgan fingerprint density at radius 2 is 2.00 bits per heavy atom. The van der Waals surface area contributed by atoms with E-state index >= 15 is 0 Å². The molecule has 4 heteroatoms. The Bertz CT molecular complexity index is 409. The van der Waals surface area contributed by atoms with Gasteiger partial charge < -0.3 is 14.2 Å². The summed E-state index contributed by atoms with van der Waals surface area (Å²) in [6.45, 7) is 6.74. The largest absolute Gasteiger partial charge is 0.493 e. The molecule has 0 aromatic heterocycles. The first-order valence-corrected chi connectivity index (χ1v) is 4.50. The number of carbonyl (C=O) groups is 1.